The van der Waals surface area contributed by atoms with Crippen LogP contribution in [0.2, 0.25) is 5.02 Å². The second kappa shape index (κ2) is 9.32. The number of fused-ring (bicyclic) bond motifs is 1. The van der Waals surface area contributed by atoms with Crippen molar-refractivity contribution in [3.05, 3.63) is 51.8 Å². The first-order valence-corrected chi connectivity index (χ1v) is 14.5. The fourth-order valence-electron chi connectivity index (χ4n) is 5.19. The number of carbonyl (C=O) groups is 2. The minimum absolute atomic E-state index is 0.0401. The zero-order valence-corrected chi connectivity index (χ0v) is 23.6. The molecule has 0 radical (unpaired) electrons. The van der Waals surface area contributed by atoms with Gasteiger partial charge in [0.25, 0.3) is 11.8 Å². The Hall–Kier alpha value is -2.47. The van der Waals surface area contributed by atoms with Crippen LogP contribution in [-0.4, -0.2) is 76.5 Å². The maximum absolute atomic E-state index is 13.8. The van der Waals surface area contributed by atoms with E-state index in [4.69, 9.17) is 21.1 Å². The van der Waals surface area contributed by atoms with Crippen molar-refractivity contribution in [2.45, 2.75) is 61.9 Å². The van der Waals surface area contributed by atoms with Crippen molar-refractivity contribution in [2.75, 3.05) is 26.3 Å². The summed E-state index contributed by atoms with van der Waals surface area (Å²) in [5.41, 5.74) is 2.00. The number of amides is 2. The van der Waals surface area contributed by atoms with Gasteiger partial charge < -0.3 is 19.7 Å². The first kappa shape index (κ1) is 27.1. The molecular weight excluding hydrogens is 532 g/mol. The highest BCUT2D eigenvalue weighted by atomic mass is 35.5. The van der Waals surface area contributed by atoms with Gasteiger partial charge in [-0.1, -0.05) is 23.7 Å². The van der Waals surface area contributed by atoms with E-state index in [-0.39, 0.29) is 37.3 Å². The Morgan fingerprint density at radius 2 is 1.76 bits per heavy atom. The molecular formula is C26H33ClN4O6S. The minimum Gasteiger partial charge on any atom is -0.349 e. The smallest absolute Gasteiger partial charge is 0.272 e. The summed E-state index contributed by atoms with van der Waals surface area (Å²) >= 11 is 5.92. The Bertz CT molecular complexity index is 1370. The molecule has 1 aliphatic carbocycles. The molecule has 38 heavy (non-hydrogen) atoms. The van der Waals surface area contributed by atoms with E-state index in [1.54, 1.807) is 44.9 Å². The third kappa shape index (κ3) is 4.63. The average Bonchev–Trinajstić information content (AvgIpc) is 3.58. The van der Waals surface area contributed by atoms with Crippen molar-refractivity contribution in [1.82, 2.24) is 20.0 Å². The maximum atomic E-state index is 13.8. The number of ether oxygens (including phenoxy) is 2. The van der Waals surface area contributed by atoms with Gasteiger partial charge in [0, 0.05) is 37.3 Å². The zero-order valence-electron chi connectivity index (χ0n) is 22.0. The van der Waals surface area contributed by atoms with Crippen LogP contribution in [0.15, 0.2) is 24.3 Å². The molecule has 10 nitrogen and oxygen atoms in total. The van der Waals surface area contributed by atoms with E-state index in [0.29, 0.717) is 48.6 Å². The van der Waals surface area contributed by atoms with E-state index in [9.17, 15) is 18.0 Å². The Morgan fingerprint density at radius 1 is 1.13 bits per heavy atom. The SMILES string of the molecule is Cn1nc(C(=O)NCc2ccc(Cl)cc2)c2c1C(=O)N(CC1(S(=O)(=O)C3(C)COC(C)(C)OC3)CC1)CC2. The number of aryl methyl sites for hydroxylation is 1. The lowest BCUT2D eigenvalue weighted by atomic mass is 10.0. The van der Waals surface area contributed by atoms with Gasteiger partial charge in [-0.25, -0.2) is 8.42 Å². The fourth-order valence-corrected chi connectivity index (χ4v) is 7.75. The predicted molar refractivity (Wildman–Crippen MR) is 141 cm³/mol. The molecule has 3 heterocycles. The molecule has 1 aromatic carbocycles. The van der Waals surface area contributed by atoms with Crippen molar-refractivity contribution in [2.24, 2.45) is 7.05 Å². The van der Waals surface area contributed by atoms with Crippen molar-refractivity contribution in [1.29, 1.82) is 0 Å². The second-order valence-corrected chi connectivity index (χ2v) is 14.5. The Morgan fingerprint density at radius 3 is 2.37 bits per heavy atom. The average molecular weight is 565 g/mol. The Kier molecular flexibility index (Phi) is 6.65. The molecule has 0 spiro atoms. The van der Waals surface area contributed by atoms with Crippen molar-refractivity contribution < 1.29 is 27.5 Å². The Labute approximate surface area is 227 Å². The van der Waals surface area contributed by atoms with E-state index in [0.717, 1.165) is 5.56 Å². The normalized spacial score (nSPS) is 21.6. The topological polar surface area (TPSA) is 120 Å². The van der Waals surface area contributed by atoms with Gasteiger partial charge in [-0.3, -0.25) is 14.3 Å². The molecule has 206 valence electrons. The van der Waals surface area contributed by atoms with E-state index in [1.807, 2.05) is 12.1 Å². The highest BCUT2D eigenvalue weighted by Gasteiger charge is 2.63. The fraction of sp³-hybridized carbons (Fsp3) is 0.577. The molecule has 2 aliphatic heterocycles. The largest absolute Gasteiger partial charge is 0.349 e. The second-order valence-electron chi connectivity index (χ2n) is 11.2. The lowest BCUT2D eigenvalue weighted by molar-refractivity contribution is -0.254. The van der Waals surface area contributed by atoms with E-state index < -0.39 is 25.1 Å². The zero-order chi connectivity index (χ0) is 27.5. The number of aromatic nitrogens is 2. The number of nitrogens with zero attached hydrogens (tertiary/aromatic N) is 3. The number of hydrogen-bond donors (Lipinski definition) is 1. The van der Waals surface area contributed by atoms with Crippen LogP contribution in [0, 0.1) is 0 Å². The van der Waals surface area contributed by atoms with Gasteiger partial charge in [0.15, 0.2) is 21.3 Å². The molecule has 3 aliphatic rings. The number of carbonyl (C=O) groups excluding carboxylic acids is 2. The number of halogens is 1. The summed E-state index contributed by atoms with van der Waals surface area (Å²) in [4.78, 5) is 28.1. The highest BCUT2D eigenvalue weighted by Crippen LogP contribution is 2.50. The lowest BCUT2D eigenvalue weighted by Crippen LogP contribution is -2.59. The summed E-state index contributed by atoms with van der Waals surface area (Å²) in [7, 11) is -2.07. The summed E-state index contributed by atoms with van der Waals surface area (Å²) in [6.07, 6.45) is 1.37. The summed E-state index contributed by atoms with van der Waals surface area (Å²) in [6.45, 7) is 5.96. The lowest BCUT2D eigenvalue weighted by Gasteiger charge is -2.43. The van der Waals surface area contributed by atoms with E-state index in [2.05, 4.69) is 10.4 Å². The van der Waals surface area contributed by atoms with Crippen molar-refractivity contribution in [3.8, 4) is 0 Å². The number of rotatable bonds is 7. The van der Waals surface area contributed by atoms with Crippen molar-refractivity contribution >= 4 is 33.3 Å². The maximum Gasteiger partial charge on any atom is 0.272 e. The summed E-state index contributed by atoms with van der Waals surface area (Å²) in [6, 6.07) is 7.15. The van der Waals surface area contributed by atoms with Gasteiger partial charge in [0.1, 0.15) is 10.4 Å². The third-order valence-corrected chi connectivity index (χ3v) is 11.3. The minimum atomic E-state index is -3.69. The first-order chi connectivity index (χ1) is 17.8. The monoisotopic (exact) mass is 564 g/mol. The van der Waals surface area contributed by atoms with E-state index >= 15 is 0 Å². The van der Waals surface area contributed by atoms with Gasteiger partial charge in [-0.15, -0.1) is 0 Å². The first-order valence-electron chi connectivity index (χ1n) is 12.7. The van der Waals surface area contributed by atoms with Crippen LogP contribution in [0.25, 0.3) is 0 Å². The predicted octanol–water partition coefficient (Wildman–Crippen LogP) is 2.49. The summed E-state index contributed by atoms with van der Waals surface area (Å²) in [5, 5.41) is 7.81. The molecule has 1 saturated carbocycles. The standard InChI is InChI=1S/C26H33ClN4O6S/c1-24(2)36-15-25(3,16-37-24)38(34,35)26(10-11-26)14-31-12-9-19-20(29-30(4)21(19)23(31)33)22(32)28-13-17-5-7-18(27)8-6-17/h5-8H,9-16H2,1-4H3,(H,28,32). The van der Waals surface area contributed by atoms with E-state index in [1.165, 1.54) is 4.68 Å². The van der Waals surface area contributed by atoms with Gasteiger partial charge >= 0.3 is 0 Å². The molecule has 2 fully saturated rings. The molecule has 1 saturated heterocycles. The molecule has 2 amide bonds. The van der Waals surface area contributed by atoms with Crippen LogP contribution in [-0.2, 0) is 39.3 Å². The van der Waals surface area contributed by atoms with Crippen molar-refractivity contribution in [3.63, 3.8) is 0 Å². The summed E-state index contributed by atoms with van der Waals surface area (Å²) in [5.74, 6) is -1.52. The van der Waals surface area contributed by atoms with Crippen LogP contribution in [0.1, 0.15) is 65.7 Å². The molecule has 0 atom stereocenters. The molecule has 0 unspecified atom stereocenters. The molecule has 5 rings (SSSR count). The van der Waals surface area contributed by atoms with Gasteiger partial charge in [0.05, 0.1) is 18.0 Å². The molecule has 0 bridgehead atoms. The Balaban J connectivity index is 1.30. The van der Waals surface area contributed by atoms with Gasteiger partial charge in [0.2, 0.25) is 0 Å². The van der Waals surface area contributed by atoms with Gasteiger partial charge in [-0.2, -0.15) is 5.10 Å². The molecule has 2 aromatic rings. The number of benzene rings is 1. The van der Waals surface area contributed by atoms with Gasteiger partial charge in [-0.05, 0) is 57.7 Å². The number of nitrogens with one attached hydrogen (secondary N) is 1. The summed E-state index contributed by atoms with van der Waals surface area (Å²) < 4.78 is 38.3. The van der Waals surface area contributed by atoms with Crippen LogP contribution in [0.5, 0.6) is 0 Å². The third-order valence-electron chi connectivity index (χ3n) is 7.80. The number of hydrogen-bond acceptors (Lipinski definition) is 7. The number of sulfone groups is 1. The van der Waals surface area contributed by atoms with Crippen LogP contribution in [0.3, 0.4) is 0 Å². The molecule has 12 heteroatoms. The molecule has 1 N–H and O–H groups in total. The molecule has 1 aromatic heterocycles. The van der Waals surface area contributed by atoms with Crippen LogP contribution < -0.4 is 5.32 Å². The van der Waals surface area contributed by atoms with Crippen LogP contribution >= 0.6 is 11.6 Å². The quantitative estimate of drug-likeness (QED) is 0.548. The highest BCUT2D eigenvalue weighted by molar-refractivity contribution is 7.94. The van der Waals surface area contributed by atoms with Crippen LogP contribution in [0.4, 0.5) is 0 Å².